The van der Waals surface area contributed by atoms with Gasteiger partial charge in [-0.15, -0.1) is 0 Å². The van der Waals surface area contributed by atoms with Gasteiger partial charge in [0.15, 0.2) is 0 Å². The number of nitrogens with one attached hydrogen (secondary N) is 1. The molecular weight excluding hydrogens is 336 g/mol. The van der Waals surface area contributed by atoms with Crippen LogP contribution in [0.4, 0.5) is 0 Å². The number of halogens is 1. The van der Waals surface area contributed by atoms with Crippen LogP contribution in [0.1, 0.15) is 23.7 Å². The van der Waals surface area contributed by atoms with E-state index < -0.39 is 0 Å². The SMILES string of the molecule is CC1CN(C(=O)CNC(=O)c2ccc(Br)cc2)CCC1O. The Morgan fingerprint density at radius 3 is 2.67 bits per heavy atom. The fraction of sp³-hybridized carbons (Fsp3) is 0.467. The van der Waals surface area contributed by atoms with E-state index in [9.17, 15) is 14.7 Å². The number of carbonyl (C=O) groups excluding carboxylic acids is 2. The predicted octanol–water partition coefficient (Wildman–Crippen LogP) is 1.41. The van der Waals surface area contributed by atoms with E-state index in [4.69, 9.17) is 0 Å². The molecule has 1 heterocycles. The molecule has 0 aliphatic carbocycles. The number of amides is 2. The van der Waals surface area contributed by atoms with Crippen LogP contribution in [0, 0.1) is 5.92 Å². The van der Waals surface area contributed by atoms with Gasteiger partial charge in [-0.2, -0.15) is 0 Å². The van der Waals surface area contributed by atoms with E-state index in [1.807, 2.05) is 6.92 Å². The summed E-state index contributed by atoms with van der Waals surface area (Å²) in [7, 11) is 0. The highest BCUT2D eigenvalue weighted by Gasteiger charge is 2.27. The highest BCUT2D eigenvalue weighted by molar-refractivity contribution is 9.10. The fourth-order valence-electron chi connectivity index (χ4n) is 2.33. The van der Waals surface area contributed by atoms with Gasteiger partial charge in [0, 0.05) is 23.1 Å². The molecule has 5 nitrogen and oxygen atoms in total. The quantitative estimate of drug-likeness (QED) is 0.862. The van der Waals surface area contributed by atoms with Crippen LogP contribution in [-0.4, -0.2) is 47.6 Å². The molecule has 6 heteroatoms. The Balaban J connectivity index is 1.83. The van der Waals surface area contributed by atoms with E-state index in [2.05, 4.69) is 21.2 Å². The lowest BCUT2D eigenvalue weighted by Gasteiger charge is -2.34. The maximum Gasteiger partial charge on any atom is 0.251 e. The Morgan fingerprint density at radius 2 is 2.05 bits per heavy atom. The molecule has 1 fully saturated rings. The molecule has 0 saturated carbocycles. The average molecular weight is 355 g/mol. The number of likely N-dealkylation sites (tertiary alicyclic amines) is 1. The Hall–Kier alpha value is -1.40. The van der Waals surface area contributed by atoms with Crippen LogP contribution in [0.25, 0.3) is 0 Å². The van der Waals surface area contributed by atoms with Crippen molar-refractivity contribution in [3.8, 4) is 0 Å². The van der Waals surface area contributed by atoms with Crippen molar-refractivity contribution in [1.29, 1.82) is 0 Å². The van der Waals surface area contributed by atoms with Gasteiger partial charge < -0.3 is 15.3 Å². The fourth-order valence-corrected chi connectivity index (χ4v) is 2.60. The molecule has 0 bridgehead atoms. The van der Waals surface area contributed by atoms with Crippen LogP contribution in [-0.2, 0) is 4.79 Å². The maximum absolute atomic E-state index is 12.1. The third-order valence-corrected chi connectivity index (χ3v) is 4.25. The zero-order valence-electron chi connectivity index (χ0n) is 11.9. The van der Waals surface area contributed by atoms with Crippen molar-refractivity contribution in [2.45, 2.75) is 19.4 Å². The number of carbonyl (C=O) groups is 2. The number of aliphatic hydroxyl groups excluding tert-OH is 1. The van der Waals surface area contributed by atoms with E-state index in [-0.39, 0.29) is 30.4 Å². The molecule has 2 amide bonds. The molecule has 2 atom stereocenters. The predicted molar refractivity (Wildman–Crippen MR) is 82.8 cm³/mol. The standard InChI is InChI=1S/C15H19BrN2O3/c1-10-9-18(7-6-13(10)19)14(20)8-17-15(21)11-2-4-12(16)5-3-11/h2-5,10,13,19H,6-9H2,1H3,(H,17,21). The van der Waals surface area contributed by atoms with Crippen LogP contribution in [0.5, 0.6) is 0 Å². The lowest BCUT2D eigenvalue weighted by Crippen LogP contribution is -2.48. The van der Waals surface area contributed by atoms with E-state index in [1.165, 1.54) is 0 Å². The Bertz CT molecular complexity index is 518. The largest absolute Gasteiger partial charge is 0.393 e. The molecular formula is C15H19BrN2O3. The van der Waals surface area contributed by atoms with Gasteiger partial charge in [-0.3, -0.25) is 9.59 Å². The highest BCUT2D eigenvalue weighted by Crippen LogP contribution is 2.16. The molecule has 1 aromatic rings. The minimum atomic E-state index is -0.341. The van der Waals surface area contributed by atoms with Crippen molar-refractivity contribution in [1.82, 2.24) is 10.2 Å². The molecule has 114 valence electrons. The summed E-state index contributed by atoms with van der Waals surface area (Å²) in [6, 6.07) is 6.96. The van der Waals surface area contributed by atoms with Crippen molar-refractivity contribution in [3.05, 3.63) is 34.3 Å². The summed E-state index contributed by atoms with van der Waals surface area (Å²) in [6.07, 6.45) is 0.250. The number of piperidine rings is 1. The van der Waals surface area contributed by atoms with Gasteiger partial charge in [0.1, 0.15) is 0 Å². The third-order valence-electron chi connectivity index (χ3n) is 3.72. The molecule has 0 radical (unpaired) electrons. The first kappa shape index (κ1) is 16.0. The molecule has 21 heavy (non-hydrogen) atoms. The Labute approximate surface area is 132 Å². The first-order valence-corrected chi connectivity index (χ1v) is 7.76. The van der Waals surface area contributed by atoms with Gasteiger partial charge in [-0.25, -0.2) is 0 Å². The van der Waals surface area contributed by atoms with Gasteiger partial charge >= 0.3 is 0 Å². The van der Waals surface area contributed by atoms with Gasteiger partial charge in [0.25, 0.3) is 5.91 Å². The zero-order chi connectivity index (χ0) is 15.4. The van der Waals surface area contributed by atoms with Crippen molar-refractivity contribution in [3.63, 3.8) is 0 Å². The first-order chi connectivity index (χ1) is 9.97. The van der Waals surface area contributed by atoms with Crippen molar-refractivity contribution < 1.29 is 14.7 Å². The van der Waals surface area contributed by atoms with E-state index in [0.29, 0.717) is 25.1 Å². The smallest absolute Gasteiger partial charge is 0.251 e. The Morgan fingerprint density at radius 1 is 1.38 bits per heavy atom. The summed E-state index contributed by atoms with van der Waals surface area (Å²) in [5, 5.41) is 12.3. The molecule has 2 rings (SSSR count). The molecule has 2 N–H and O–H groups in total. The van der Waals surface area contributed by atoms with Crippen molar-refractivity contribution in [2.75, 3.05) is 19.6 Å². The molecule has 2 unspecified atom stereocenters. The van der Waals surface area contributed by atoms with Gasteiger partial charge in [0.2, 0.25) is 5.91 Å². The van der Waals surface area contributed by atoms with Gasteiger partial charge in [0.05, 0.1) is 12.6 Å². The molecule has 0 spiro atoms. The molecule has 1 aliphatic heterocycles. The van der Waals surface area contributed by atoms with Gasteiger partial charge in [-0.1, -0.05) is 22.9 Å². The monoisotopic (exact) mass is 354 g/mol. The number of benzene rings is 1. The minimum Gasteiger partial charge on any atom is -0.393 e. The number of rotatable bonds is 3. The van der Waals surface area contributed by atoms with Crippen molar-refractivity contribution >= 4 is 27.7 Å². The summed E-state index contributed by atoms with van der Waals surface area (Å²) in [4.78, 5) is 25.7. The summed E-state index contributed by atoms with van der Waals surface area (Å²) in [5.41, 5.74) is 0.522. The number of hydrogen-bond acceptors (Lipinski definition) is 3. The van der Waals surface area contributed by atoms with Crippen molar-refractivity contribution in [2.24, 2.45) is 5.92 Å². The minimum absolute atomic E-state index is 0.0162. The number of aliphatic hydroxyl groups is 1. The van der Waals surface area contributed by atoms with Gasteiger partial charge in [-0.05, 0) is 36.6 Å². The molecule has 0 aromatic heterocycles. The number of nitrogens with zero attached hydrogens (tertiary/aromatic N) is 1. The zero-order valence-corrected chi connectivity index (χ0v) is 13.5. The van der Waals surface area contributed by atoms with E-state index in [1.54, 1.807) is 29.2 Å². The summed E-state index contributed by atoms with van der Waals surface area (Å²) in [6.45, 7) is 2.98. The number of hydrogen-bond donors (Lipinski definition) is 2. The van der Waals surface area contributed by atoms with E-state index in [0.717, 1.165) is 4.47 Å². The second kappa shape index (κ2) is 7.04. The average Bonchev–Trinajstić information content (AvgIpc) is 2.48. The highest BCUT2D eigenvalue weighted by atomic mass is 79.9. The molecule has 1 saturated heterocycles. The van der Waals surface area contributed by atoms with Crippen LogP contribution < -0.4 is 5.32 Å². The summed E-state index contributed by atoms with van der Waals surface area (Å²) >= 11 is 3.31. The third kappa shape index (κ3) is 4.28. The van der Waals surface area contributed by atoms with Crippen LogP contribution >= 0.6 is 15.9 Å². The van der Waals surface area contributed by atoms with Crippen LogP contribution in [0.2, 0.25) is 0 Å². The molecule has 1 aromatic carbocycles. The second-order valence-corrected chi connectivity index (χ2v) is 6.28. The van der Waals surface area contributed by atoms with Crippen LogP contribution in [0.15, 0.2) is 28.7 Å². The summed E-state index contributed by atoms with van der Waals surface area (Å²) in [5.74, 6) is -0.301. The van der Waals surface area contributed by atoms with Crippen LogP contribution in [0.3, 0.4) is 0 Å². The summed E-state index contributed by atoms with van der Waals surface area (Å²) < 4.78 is 0.899. The molecule has 1 aliphatic rings. The maximum atomic E-state index is 12.1. The lowest BCUT2D eigenvalue weighted by molar-refractivity contribution is -0.133. The second-order valence-electron chi connectivity index (χ2n) is 5.36. The normalized spacial score (nSPS) is 22.0. The first-order valence-electron chi connectivity index (χ1n) is 6.97. The topological polar surface area (TPSA) is 69.6 Å². The van der Waals surface area contributed by atoms with E-state index >= 15 is 0 Å². The lowest BCUT2D eigenvalue weighted by atomic mass is 9.97. The Kier molecular flexibility index (Phi) is 5.36.